The molecule has 0 spiro atoms. The molecule has 0 aromatic heterocycles. The van der Waals surface area contributed by atoms with E-state index in [1.54, 1.807) is 24.3 Å². The second-order valence-corrected chi connectivity index (χ2v) is 5.82. The van der Waals surface area contributed by atoms with Gasteiger partial charge in [-0.3, -0.25) is 9.59 Å². The van der Waals surface area contributed by atoms with Gasteiger partial charge in [-0.25, -0.2) is 4.79 Å². The number of carbonyl (C=O) groups excluding carboxylic acids is 3. The van der Waals surface area contributed by atoms with Gasteiger partial charge in [0.15, 0.2) is 18.1 Å². The van der Waals surface area contributed by atoms with Crippen molar-refractivity contribution in [2.24, 2.45) is 5.73 Å². The number of esters is 1. The van der Waals surface area contributed by atoms with Gasteiger partial charge in [-0.2, -0.15) is 0 Å². The number of hydrogen-bond acceptors (Lipinski definition) is 6. The van der Waals surface area contributed by atoms with Crippen molar-refractivity contribution in [3.05, 3.63) is 59.2 Å². The highest BCUT2D eigenvalue weighted by molar-refractivity contribution is 5.95. The highest BCUT2D eigenvalue weighted by Crippen LogP contribution is 2.28. The van der Waals surface area contributed by atoms with Gasteiger partial charge in [-0.05, 0) is 42.3 Å². The molecule has 8 nitrogen and oxygen atoms in total. The third-order valence-electron chi connectivity index (χ3n) is 3.87. The summed E-state index contributed by atoms with van der Waals surface area (Å²) in [7, 11) is 2.77. The summed E-state index contributed by atoms with van der Waals surface area (Å²) in [5.41, 5.74) is 6.89. The zero-order chi connectivity index (χ0) is 20.5. The minimum absolute atomic E-state index is 0.272. The standard InChI is InChI=1S/C20H22N2O6/c1-26-17-11-15(7-8-16(17)28-12-18(21)23)19(24)22-10-9-13-3-5-14(6-4-13)20(25)27-2/h3-8,11H,9-10,12H2,1-2H3,(H2,21,23)(H,22,24). The van der Waals surface area contributed by atoms with E-state index in [1.165, 1.54) is 20.3 Å². The lowest BCUT2D eigenvalue weighted by Gasteiger charge is -2.11. The van der Waals surface area contributed by atoms with E-state index in [-0.39, 0.29) is 12.5 Å². The van der Waals surface area contributed by atoms with Crippen molar-refractivity contribution in [1.29, 1.82) is 0 Å². The summed E-state index contributed by atoms with van der Waals surface area (Å²) in [5, 5.41) is 2.82. The van der Waals surface area contributed by atoms with Crippen LogP contribution in [0, 0.1) is 0 Å². The molecule has 0 radical (unpaired) electrons. The first-order valence-electron chi connectivity index (χ1n) is 8.49. The Morgan fingerprint density at radius 2 is 1.64 bits per heavy atom. The fourth-order valence-corrected chi connectivity index (χ4v) is 2.42. The SMILES string of the molecule is COC(=O)c1ccc(CCNC(=O)c2ccc(OCC(N)=O)c(OC)c2)cc1. The van der Waals surface area contributed by atoms with Crippen molar-refractivity contribution in [2.45, 2.75) is 6.42 Å². The summed E-state index contributed by atoms with van der Waals surface area (Å²) >= 11 is 0. The maximum absolute atomic E-state index is 12.3. The molecule has 148 valence electrons. The Hall–Kier alpha value is -3.55. The molecule has 3 N–H and O–H groups in total. The summed E-state index contributed by atoms with van der Waals surface area (Å²) < 4.78 is 15.1. The second kappa shape index (κ2) is 9.96. The zero-order valence-electron chi connectivity index (χ0n) is 15.7. The van der Waals surface area contributed by atoms with E-state index in [2.05, 4.69) is 10.1 Å². The molecule has 0 aliphatic rings. The van der Waals surface area contributed by atoms with Crippen LogP contribution in [0.3, 0.4) is 0 Å². The Kier molecular flexibility index (Phi) is 7.38. The van der Waals surface area contributed by atoms with E-state index in [4.69, 9.17) is 15.2 Å². The van der Waals surface area contributed by atoms with Crippen LogP contribution in [0.25, 0.3) is 0 Å². The molecule has 0 atom stereocenters. The monoisotopic (exact) mass is 386 g/mol. The van der Waals surface area contributed by atoms with Gasteiger partial charge in [0, 0.05) is 12.1 Å². The van der Waals surface area contributed by atoms with Crippen LogP contribution in [0.15, 0.2) is 42.5 Å². The van der Waals surface area contributed by atoms with Crippen molar-refractivity contribution in [3.8, 4) is 11.5 Å². The molecule has 0 saturated heterocycles. The Labute approximate surface area is 162 Å². The van der Waals surface area contributed by atoms with Crippen LogP contribution in [0.4, 0.5) is 0 Å². The number of nitrogens with one attached hydrogen (secondary N) is 1. The number of nitrogens with two attached hydrogens (primary N) is 1. The van der Waals surface area contributed by atoms with E-state index >= 15 is 0 Å². The molecule has 28 heavy (non-hydrogen) atoms. The lowest BCUT2D eigenvalue weighted by molar-refractivity contribution is -0.119. The molecule has 0 aliphatic heterocycles. The molecule has 2 aromatic rings. The average molecular weight is 386 g/mol. The number of carbonyl (C=O) groups is 3. The van der Waals surface area contributed by atoms with E-state index in [0.29, 0.717) is 35.6 Å². The zero-order valence-corrected chi connectivity index (χ0v) is 15.7. The van der Waals surface area contributed by atoms with Gasteiger partial charge < -0.3 is 25.3 Å². The van der Waals surface area contributed by atoms with Crippen LogP contribution in [0.5, 0.6) is 11.5 Å². The number of ether oxygens (including phenoxy) is 3. The Morgan fingerprint density at radius 1 is 0.964 bits per heavy atom. The van der Waals surface area contributed by atoms with Crippen molar-refractivity contribution in [2.75, 3.05) is 27.4 Å². The van der Waals surface area contributed by atoms with Gasteiger partial charge in [0.2, 0.25) is 0 Å². The van der Waals surface area contributed by atoms with E-state index in [0.717, 1.165) is 5.56 Å². The highest BCUT2D eigenvalue weighted by atomic mass is 16.5. The molecule has 0 saturated carbocycles. The normalized spacial score (nSPS) is 10.1. The van der Waals surface area contributed by atoms with Crippen molar-refractivity contribution in [3.63, 3.8) is 0 Å². The molecular weight excluding hydrogens is 364 g/mol. The second-order valence-electron chi connectivity index (χ2n) is 5.82. The van der Waals surface area contributed by atoms with Crippen LogP contribution in [-0.2, 0) is 16.0 Å². The number of methoxy groups -OCH3 is 2. The summed E-state index contributed by atoms with van der Waals surface area (Å²) in [4.78, 5) is 34.6. The number of benzene rings is 2. The van der Waals surface area contributed by atoms with Crippen LogP contribution >= 0.6 is 0 Å². The number of amides is 2. The molecule has 2 amide bonds. The van der Waals surface area contributed by atoms with Crippen molar-refractivity contribution in [1.82, 2.24) is 5.32 Å². The number of hydrogen-bond donors (Lipinski definition) is 2. The van der Waals surface area contributed by atoms with Gasteiger partial charge in [-0.15, -0.1) is 0 Å². The predicted molar refractivity (Wildman–Crippen MR) is 102 cm³/mol. The third kappa shape index (κ3) is 5.73. The molecule has 0 aliphatic carbocycles. The molecule has 8 heteroatoms. The predicted octanol–water partition coefficient (Wildman–Crippen LogP) is 1.32. The lowest BCUT2D eigenvalue weighted by atomic mass is 10.1. The maximum atomic E-state index is 12.3. The number of rotatable bonds is 9. The van der Waals surface area contributed by atoms with Gasteiger partial charge >= 0.3 is 5.97 Å². The van der Waals surface area contributed by atoms with Crippen LogP contribution in [0.1, 0.15) is 26.3 Å². The molecule has 2 rings (SSSR count). The molecule has 0 heterocycles. The fraction of sp³-hybridized carbons (Fsp3) is 0.250. The van der Waals surface area contributed by atoms with Crippen LogP contribution in [0.2, 0.25) is 0 Å². The summed E-state index contributed by atoms with van der Waals surface area (Å²) in [6.07, 6.45) is 0.601. The summed E-state index contributed by atoms with van der Waals surface area (Å²) in [6, 6.07) is 11.6. The highest BCUT2D eigenvalue weighted by Gasteiger charge is 2.12. The van der Waals surface area contributed by atoms with Crippen molar-refractivity contribution < 1.29 is 28.6 Å². The van der Waals surface area contributed by atoms with E-state index in [9.17, 15) is 14.4 Å². The van der Waals surface area contributed by atoms with Gasteiger partial charge in [0.1, 0.15) is 0 Å². The summed E-state index contributed by atoms with van der Waals surface area (Å²) in [5.74, 6) is -0.623. The minimum Gasteiger partial charge on any atom is -0.493 e. The van der Waals surface area contributed by atoms with Gasteiger partial charge in [-0.1, -0.05) is 12.1 Å². The molecular formula is C20H22N2O6. The maximum Gasteiger partial charge on any atom is 0.337 e. The molecule has 0 unspecified atom stereocenters. The Balaban J connectivity index is 1.92. The van der Waals surface area contributed by atoms with Crippen molar-refractivity contribution >= 4 is 17.8 Å². The Morgan fingerprint density at radius 3 is 2.25 bits per heavy atom. The first-order valence-corrected chi connectivity index (χ1v) is 8.49. The number of primary amides is 1. The average Bonchev–Trinajstić information content (AvgIpc) is 2.71. The lowest BCUT2D eigenvalue weighted by Crippen LogP contribution is -2.25. The largest absolute Gasteiger partial charge is 0.493 e. The summed E-state index contributed by atoms with van der Waals surface area (Å²) in [6.45, 7) is 0.134. The minimum atomic E-state index is -0.608. The van der Waals surface area contributed by atoms with Crippen LogP contribution < -0.4 is 20.5 Å². The first-order chi connectivity index (χ1) is 13.4. The van der Waals surface area contributed by atoms with Gasteiger partial charge in [0.25, 0.3) is 11.8 Å². The fourth-order valence-electron chi connectivity index (χ4n) is 2.42. The van der Waals surface area contributed by atoms with Crippen LogP contribution in [-0.4, -0.2) is 45.2 Å². The topological polar surface area (TPSA) is 117 Å². The Bertz CT molecular complexity index is 848. The van der Waals surface area contributed by atoms with Gasteiger partial charge in [0.05, 0.1) is 19.8 Å². The quantitative estimate of drug-likeness (QED) is 0.628. The van der Waals surface area contributed by atoms with E-state index in [1.807, 2.05) is 12.1 Å². The third-order valence-corrected chi connectivity index (χ3v) is 3.87. The molecule has 2 aromatic carbocycles. The smallest absolute Gasteiger partial charge is 0.337 e. The van der Waals surface area contributed by atoms with E-state index < -0.39 is 11.9 Å². The molecule has 0 fully saturated rings. The first kappa shape index (κ1) is 20.8. The molecule has 0 bridgehead atoms.